The van der Waals surface area contributed by atoms with Gasteiger partial charge in [-0.2, -0.15) is 0 Å². The van der Waals surface area contributed by atoms with Crippen LogP contribution in [0, 0.1) is 0 Å². The van der Waals surface area contributed by atoms with Gasteiger partial charge in [0.05, 0.1) is 45.8 Å². The lowest BCUT2D eigenvalue weighted by atomic mass is 10.1. The minimum absolute atomic E-state index is 0.145. The van der Waals surface area contributed by atoms with E-state index in [1.807, 2.05) is 0 Å². The first-order valence-corrected chi connectivity index (χ1v) is 16.8. The zero-order valence-electron chi connectivity index (χ0n) is 28.6. The van der Waals surface area contributed by atoms with Gasteiger partial charge in [-0.25, -0.2) is 4.79 Å². The largest absolute Gasteiger partial charge is 0.480 e. The Morgan fingerprint density at radius 3 is 1.37 bits per heavy atom. The molecular weight excluding hydrogens is 650 g/mol. The van der Waals surface area contributed by atoms with E-state index in [-0.39, 0.29) is 26.2 Å². The van der Waals surface area contributed by atoms with Crippen molar-refractivity contribution in [2.45, 2.75) is 96.4 Å². The zero-order chi connectivity index (χ0) is 37.0. The molecule has 282 valence electrons. The second-order valence-corrected chi connectivity index (χ2v) is 11.9. The summed E-state index contributed by atoms with van der Waals surface area (Å²) in [6.07, 6.45) is 13.1. The predicted molar refractivity (Wildman–Crippen MR) is 174 cm³/mol. The molecule has 0 aromatic rings. The topological polar surface area (TPSA) is 249 Å². The van der Waals surface area contributed by atoms with Crippen LogP contribution in [0.25, 0.3) is 0 Å². The monoisotopic (exact) mass is 705 g/mol. The molecule has 0 rings (SSSR count). The van der Waals surface area contributed by atoms with E-state index in [0.29, 0.717) is 6.42 Å². The van der Waals surface area contributed by atoms with Crippen LogP contribution >= 0.6 is 0 Å². The molecule has 0 saturated heterocycles. The van der Waals surface area contributed by atoms with Crippen molar-refractivity contribution in [3.05, 3.63) is 0 Å². The highest BCUT2D eigenvalue weighted by Gasteiger charge is 2.29. The van der Waals surface area contributed by atoms with Gasteiger partial charge in [0.25, 0.3) is 0 Å². The number of carbonyl (C=O) groups excluding carboxylic acids is 2. The molecular formula is C32H55N3O14. The third-order valence-electron chi connectivity index (χ3n) is 7.49. The Labute approximate surface area is 287 Å². The van der Waals surface area contributed by atoms with E-state index in [4.69, 9.17) is 19.7 Å². The first kappa shape index (κ1) is 45.2. The van der Waals surface area contributed by atoms with Crippen LogP contribution < -0.4 is 0 Å². The Morgan fingerprint density at radius 2 is 0.918 bits per heavy atom. The number of hydrogen-bond acceptors (Lipinski definition) is 12. The second-order valence-electron chi connectivity index (χ2n) is 11.9. The number of aliphatic carboxylic acids is 5. The maximum atomic E-state index is 12.7. The highest BCUT2D eigenvalue weighted by Crippen LogP contribution is 2.13. The van der Waals surface area contributed by atoms with Crippen LogP contribution in [0.1, 0.15) is 90.4 Å². The molecule has 1 unspecified atom stereocenters. The Hall–Kier alpha value is -3.83. The zero-order valence-corrected chi connectivity index (χ0v) is 28.6. The molecule has 17 nitrogen and oxygen atoms in total. The minimum atomic E-state index is -1.43. The lowest BCUT2D eigenvalue weighted by Crippen LogP contribution is -2.51. The van der Waals surface area contributed by atoms with Gasteiger partial charge in [-0.3, -0.25) is 43.5 Å². The van der Waals surface area contributed by atoms with Gasteiger partial charge in [0, 0.05) is 25.7 Å². The summed E-state index contributed by atoms with van der Waals surface area (Å²) in [5.74, 6) is -8.66. The molecule has 0 radical (unpaired) electrons. The Kier molecular flexibility index (Phi) is 25.9. The standard InChI is InChI=1S/C32H55N3O14/c1-2-3-4-5-6-7-8-9-10-11-12-13-16-48-32(47)24-49-31(46)17-25(35(22-29(42)43)23-30(44)45)18-33(19-26(36)37)14-15-34(20-27(38)39)21-28(40)41/h25H,2-24H2,1H3,(H,36,37)(H,38,39)(H,40,41)(H,42,43)(H,44,45). The molecule has 17 heteroatoms. The van der Waals surface area contributed by atoms with Crippen molar-refractivity contribution in [3.63, 3.8) is 0 Å². The lowest BCUT2D eigenvalue weighted by molar-refractivity contribution is -0.160. The fourth-order valence-electron chi connectivity index (χ4n) is 5.14. The number of ether oxygens (including phenoxy) is 2. The number of carboxylic acid groups (broad SMARTS) is 5. The van der Waals surface area contributed by atoms with Crippen molar-refractivity contribution < 1.29 is 68.6 Å². The molecule has 0 spiro atoms. The van der Waals surface area contributed by atoms with E-state index < -0.39 is 93.6 Å². The molecule has 0 aromatic carbocycles. The van der Waals surface area contributed by atoms with Crippen LogP contribution in [0.3, 0.4) is 0 Å². The van der Waals surface area contributed by atoms with Gasteiger partial charge >= 0.3 is 41.8 Å². The highest BCUT2D eigenvalue weighted by molar-refractivity contribution is 5.77. The summed E-state index contributed by atoms with van der Waals surface area (Å²) >= 11 is 0. The third kappa shape index (κ3) is 27.8. The molecule has 0 fully saturated rings. The van der Waals surface area contributed by atoms with E-state index in [1.54, 1.807) is 0 Å². The molecule has 1 atom stereocenters. The predicted octanol–water partition coefficient (Wildman–Crippen LogP) is 1.86. The van der Waals surface area contributed by atoms with Gasteiger partial charge in [0.1, 0.15) is 0 Å². The fourth-order valence-corrected chi connectivity index (χ4v) is 5.14. The average Bonchev–Trinajstić information content (AvgIpc) is 2.99. The maximum Gasteiger partial charge on any atom is 0.344 e. The number of nitrogens with zero attached hydrogens (tertiary/aromatic N) is 3. The van der Waals surface area contributed by atoms with Gasteiger partial charge in [-0.1, -0.05) is 77.6 Å². The molecule has 5 N–H and O–H groups in total. The lowest BCUT2D eigenvalue weighted by Gasteiger charge is -2.33. The van der Waals surface area contributed by atoms with Crippen molar-refractivity contribution in [3.8, 4) is 0 Å². The number of carboxylic acids is 5. The van der Waals surface area contributed by atoms with Gasteiger partial charge < -0.3 is 35.0 Å². The van der Waals surface area contributed by atoms with Crippen molar-refractivity contribution in [1.29, 1.82) is 0 Å². The molecule has 0 heterocycles. The van der Waals surface area contributed by atoms with Gasteiger partial charge in [-0.05, 0) is 6.42 Å². The van der Waals surface area contributed by atoms with Crippen molar-refractivity contribution in [1.82, 2.24) is 14.7 Å². The molecule has 0 amide bonds. The van der Waals surface area contributed by atoms with Crippen LogP contribution in [-0.4, -0.2) is 154 Å². The van der Waals surface area contributed by atoms with Crippen LogP contribution in [0.5, 0.6) is 0 Å². The smallest absolute Gasteiger partial charge is 0.344 e. The normalized spacial score (nSPS) is 11.8. The molecule has 0 aliphatic rings. The molecule has 49 heavy (non-hydrogen) atoms. The average molecular weight is 706 g/mol. The first-order valence-electron chi connectivity index (χ1n) is 16.8. The Bertz CT molecular complexity index is 993. The van der Waals surface area contributed by atoms with Gasteiger partial charge in [-0.15, -0.1) is 0 Å². The molecule has 0 saturated carbocycles. The van der Waals surface area contributed by atoms with Gasteiger partial charge in [0.15, 0.2) is 6.61 Å². The van der Waals surface area contributed by atoms with Crippen molar-refractivity contribution in [2.24, 2.45) is 0 Å². The highest BCUT2D eigenvalue weighted by atomic mass is 16.6. The van der Waals surface area contributed by atoms with Crippen LogP contribution in [-0.2, 0) is 43.0 Å². The van der Waals surface area contributed by atoms with Crippen molar-refractivity contribution >= 4 is 41.8 Å². The molecule has 0 aromatic heterocycles. The molecule has 0 bridgehead atoms. The number of rotatable bonds is 33. The third-order valence-corrected chi connectivity index (χ3v) is 7.49. The molecule has 0 aliphatic carbocycles. The molecule has 0 aliphatic heterocycles. The first-order chi connectivity index (χ1) is 23.2. The summed E-state index contributed by atoms with van der Waals surface area (Å²) in [7, 11) is 0. The Balaban J connectivity index is 5.06. The van der Waals surface area contributed by atoms with Crippen molar-refractivity contribution in [2.75, 3.05) is 65.6 Å². The van der Waals surface area contributed by atoms with E-state index in [0.717, 1.165) is 29.1 Å². The quantitative estimate of drug-likeness (QED) is 0.0483. The second kappa shape index (κ2) is 28.1. The maximum absolute atomic E-state index is 12.7. The van der Waals surface area contributed by atoms with E-state index in [2.05, 4.69) is 6.92 Å². The van der Waals surface area contributed by atoms with Crippen LogP contribution in [0.2, 0.25) is 0 Å². The summed E-state index contributed by atoms with van der Waals surface area (Å²) in [5.41, 5.74) is 0. The summed E-state index contributed by atoms with van der Waals surface area (Å²) in [4.78, 5) is 84.8. The summed E-state index contributed by atoms with van der Waals surface area (Å²) < 4.78 is 10.1. The number of esters is 2. The number of unbranched alkanes of at least 4 members (excludes halogenated alkanes) is 11. The summed E-state index contributed by atoms with van der Waals surface area (Å²) in [6.45, 7) is -2.92. The number of carbonyl (C=O) groups is 7. The summed E-state index contributed by atoms with van der Waals surface area (Å²) in [5, 5.41) is 46.3. The number of hydrogen-bond donors (Lipinski definition) is 5. The summed E-state index contributed by atoms with van der Waals surface area (Å²) in [6, 6.07) is -1.23. The Morgan fingerprint density at radius 1 is 0.510 bits per heavy atom. The van der Waals surface area contributed by atoms with Crippen LogP contribution in [0.15, 0.2) is 0 Å². The van der Waals surface area contributed by atoms with E-state index >= 15 is 0 Å². The van der Waals surface area contributed by atoms with Crippen LogP contribution in [0.4, 0.5) is 0 Å². The SMILES string of the molecule is CCCCCCCCCCCCCCOC(=O)COC(=O)CC(CN(CCN(CC(=O)O)CC(=O)O)CC(=O)O)N(CC(=O)O)CC(=O)O. The minimum Gasteiger partial charge on any atom is -0.480 e. The van der Waals surface area contributed by atoms with Gasteiger partial charge in [0.2, 0.25) is 0 Å². The van der Waals surface area contributed by atoms with E-state index in [1.165, 1.54) is 56.3 Å². The fraction of sp³-hybridized carbons (Fsp3) is 0.781. The van der Waals surface area contributed by atoms with E-state index in [9.17, 15) is 48.9 Å².